The number of aromatic nitrogens is 1. The van der Waals surface area contributed by atoms with Gasteiger partial charge in [0.25, 0.3) is 0 Å². The number of ether oxygens (including phenoxy) is 2. The summed E-state index contributed by atoms with van der Waals surface area (Å²) in [5.41, 5.74) is -0.144. The maximum absolute atomic E-state index is 12.3. The van der Waals surface area contributed by atoms with Crippen LogP contribution < -0.4 is 4.74 Å². The standard InChI is InChI=1S/C21H27ClN2O4S/c1-15-18(14-28-17-6-4-16(22)5-7-17)29-20(23-15)21(26)9-3-11-24(12-10-21)19(25)8-13-27-2/h4-7,26H,3,8-14H2,1-2H3/t21-/m0/s1. The molecule has 158 valence electrons. The number of rotatable bonds is 7. The van der Waals surface area contributed by atoms with E-state index in [0.717, 1.165) is 22.7 Å². The minimum absolute atomic E-state index is 0.0727. The Labute approximate surface area is 180 Å². The minimum Gasteiger partial charge on any atom is -0.488 e. The first-order valence-electron chi connectivity index (χ1n) is 9.75. The fourth-order valence-electron chi connectivity index (χ4n) is 3.37. The molecule has 0 spiro atoms. The highest BCUT2D eigenvalue weighted by molar-refractivity contribution is 7.11. The van der Waals surface area contributed by atoms with E-state index in [1.54, 1.807) is 19.2 Å². The quantitative estimate of drug-likeness (QED) is 0.709. The summed E-state index contributed by atoms with van der Waals surface area (Å²) in [5, 5.41) is 12.7. The fraction of sp³-hybridized carbons (Fsp3) is 0.524. The number of carbonyl (C=O) groups excluding carboxylic acids is 1. The molecule has 1 aliphatic heterocycles. The highest BCUT2D eigenvalue weighted by atomic mass is 35.5. The highest BCUT2D eigenvalue weighted by Gasteiger charge is 2.36. The molecule has 1 aromatic heterocycles. The van der Waals surface area contributed by atoms with Crippen LogP contribution in [0, 0.1) is 6.92 Å². The Morgan fingerprint density at radius 2 is 2.07 bits per heavy atom. The van der Waals surface area contributed by atoms with Crippen molar-refractivity contribution in [2.75, 3.05) is 26.8 Å². The van der Waals surface area contributed by atoms with Crippen LogP contribution in [0.25, 0.3) is 0 Å². The second-order valence-corrected chi connectivity index (χ2v) is 8.80. The maximum atomic E-state index is 12.3. The molecule has 1 aliphatic rings. The van der Waals surface area contributed by atoms with Crippen LogP contribution in [0.15, 0.2) is 24.3 Å². The summed E-state index contributed by atoms with van der Waals surface area (Å²) in [6.07, 6.45) is 2.18. The van der Waals surface area contributed by atoms with Gasteiger partial charge in [-0.25, -0.2) is 4.98 Å². The van der Waals surface area contributed by atoms with Crippen LogP contribution in [0.3, 0.4) is 0 Å². The predicted molar refractivity (Wildman–Crippen MR) is 113 cm³/mol. The van der Waals surface area contributed by atoms with Crippen molar-refractivity contribution < 1.29 is 19.4 Å². The normalized spacial score (nSPS) is 19.8. The van der Waals surface area contributed by atoms with Crippen LogP contribution in [0.5, 0.6) is 5.75 Å². The third kappa shape index (κ3) is 5.69. The zero-order valence-electron chi connectivity index (χ0n) is 16.8. The highest BCUT2D eigenvalue weighted by Crippen LogP contribution is 2.37. The van der Waals surface area contributed by atoms with Gasteiger partial charge in [-0.15, -0.1) is 11.3 Å². The third-order valence-electron chi connectivity index (χ3n) is 5.16. The summed E-state index contributed by atoms with van der Waals surface area (Å²) >= 11 is 7.39. The van der Waals surface area contributed by atoms with Crippen molar-refractivity contribution in [3.05, 3.63) is 44.9 Å². The minimum atomic E-state index is -1.01. The molecule has 0 saturated carbocycles. The predicted octanol–water partition coefficient (Wildman–Crippen LogP) is 3.92. The molecule has 1 amide bonds. The van der Waals surface area contributed by atoms with Gasteiger partial charge in [0.1, 0.15) is 23.0 Å². The zero-order chi connectivity index (χ0) is 20.9. The summed E-state index contributed by atoms with van der Waals surface area (Å²) in [7, 11) is 1.59. The van der Waals surface area contributed by atoms with E-state index in [9.17, 15) is 9.90 Å². The molecule has 1 saturated heterocycles. The van der Waals surface area contributed by atoms with Crippen molar-refractivity contribution in [1.29, 1.82) is 0 Å². The number of aryl methyl sites for hydroxylation is 1. The molecule has 2 aromatic rings. The number of amides is 1. The molecular formula is C21H27ClN2O4S. The number of hydrogen-bond acceptors (Lipinski definition) is 6. The first-order valence-corrected chi connectivity index (χ1v) is 10.9. The van der Waals surface area contributed by atoms with E-state index >= 15 is 0 Å². The molecular weight excluding hydrogens is 412 g/mol. The smallest absolute Gasteiger partial charge is 0.224 e. The number of nitrogens with zero attached hydrogens (tertiary/aromatic N) is 2. The van der Waals surface area contributed by atoms with Crippen molar-refractivity contribution >= 4 is 28.8 Å². The van der Waals surface area contributed by atoms with Crippen LogP contribution >= 0.6 is 22.9 Å². The van der Waals surface area contributed by atoms with Gasteiger partial charge in [-0.3, -0.25) is 4.79 Å². The van der Waals surface area contributed by atoms with Gasteiger partial charge in [-0.05, 0) is 44.0 Å². The van der Waals surface area contributed by atoms with Crippen molar-refractivity contribution in [2.24, 2.45) is 0 Å². The Hall–Kier alpha value is -1.67. The van der Waals surface area contributed by atoms with Crippen molar-refractivity contribution in [3.63, 3.8) is 0 Å². The van der Waals surface area contributed by atoms with E-state index in [0.29, 0.717) is 55.6 Å². The third-order valence-corrected chi connectivity index (χ3v) is 6.74. The van der Waals surface area contributed by atoms with Gasteiger partial charge in [-0.1, -0.05) is 11.6 Å². The number of methoxy groups -OCH3 is 1. The SMILES string of the molecule is COCCC(=O)N1CCC[C@@](O)(c2nc(C)c(COc3ccc(Cl)cc3)s2)CC1. The Morgan fingerprint density at radius 1 is 1.31 bits per heavy atom. The van der Waals surface area contributed by atoms with Gasteiger partial charge in [0.15, 0.2) is 0 Å². The Morgan fingerprint density at radius 3 is 2.79 bits per heavy atom. The van der Waals surface area contributed by atoms with Gasteiger partial charge in [0.05, 0.1) is 23.6 Å². The van der Waals surface area contributed by atoms with Gasteiger partial charge in [0, 0.05) is 31.6 Å². The number of benzene rings is 1. The molecule has 0 unspecified atom stereocenters. The molecule has 8 heteroatoms. The average molecular weight is 439 g/mol. The van der Waals surface area contributed by atoms with Gasteiger partial charge < -0.3 is 19.5 Å². The van der Waals surface area contributed by atoms with Crippen LogP contribution in [0.4, 0.5) is 0 Å². The topological polar surface area (TPSA) is 71.9 Å². The molecule has 0 bridgehead atoms. The second kappa shape index (κ2) is 9.89. The second-order valence-electron chi connectivity index (χ2n) is 7.28. The van der Waals surface area contributed by atoms with E-state index in [1.165, 1.54) is 11.3 Å². The number of aliphatic hydroxyl groups is 1. The summed E-state index contributed by atoms with van der Waals surface area (Å²) < 4.78 is 10.8. The largest absolute Gasteiger partial charge is 0.488 e. The lowest BCUT2D eigenvalue weighted by atomic mass is 9.96. The lowest BCUT2D eigenvalue weighted by Gasteiger charge is -2.24. The monoisotopic (exact) mass is 438 g/mol. The maximum Gasteiger partial charge on any atom is 0.224 e. The molecule has 1 atom stereocenters. The molecule has 29 heavy (non-hydrogen) atoms. The van der Waals surface area contributed by atoms with E-state index in [4.69, 9.17) is 21.1 Å². The zero-order valence-corrected chi connectivity index (χ0v) is 18.4. The fourth-order valence-corrected chi connectivity index (χ4v) is 4.62. The van der Waals surface area contributed by atoms with E-state index in [1.807, 2.05) is 24.0 Å². The van der Waals surface area contributed by atoms with Crippen molar-refractivity contribution in [2.45, 2.75) is 44.8 Å². The molecule has 0 aliphatic carbocycles. The van der Waals surface area contributed by atoms with Gasteiger partial charge >= 0.3 is 0 Å². The number of halogens is 1. The van der Waals surface area contributed by atoms with E-state index in [2.05, 4.69) is 4.98 Å². The molecule has 0 radical (unpaired) electrons. The lowest BCUT2D eigenvalue weighted by Crippen LogP contribution is -2.34. The van der Waals surface area contributed by atoms with E-state index in [-0.39, 0.29) is 5.91 Å². The number of carbonyl (C=O) groups is 1. The van der Waals surface area contributed by atoms with Crippen LogP contribution in [-0.4, -0.2) is 47.7 Å². The van der Waals surface area contributed by atoms with Crippen LogP contribution in [0.2, 0.25) is 5.02 Å². The molecule has 2 heterocycles. The summed E-state index contributed by atoms with van der Waals surface area (Å²) in [5.74, 6) is 0.811. The van der Waals surface area contributed by atoms with Crippen molar-refractivity contribution in [3.8, 4) is 5.75 Å². The Bertz CT molecular complexity index is 827. The van der Waals surface area contributed by atoms with Crippen molar-refractivity contribution in [1.82, 2.24) is 9.88 Å². The number of likely N-dealkylation sites (tertiary alicyclic amines) is 1. The van der Waals surface area contributed by atoms with E-state index < -0.39 is 5.60 Å². The molecule has 1 aromatic carbocycles. The Balaban J connectivity index is 1.64. The Kier molecular flexibility index (Phi) is 7.51. The number of hydrogen-bond donors (Lipinski definition) is 1. The molecule has 1 N–H and O–H groups in total. The summed E-state index contributed by atoms with van der Waals surface area (Å²) in [4.78, 5) is 19.7. The van der Waals surface area contributed by atoms with Gasteiger partial charge in [0.2, 0.25) is 5.91 Å². The first-order chi connectivity index (χ1) is 13.9. The van der Waals surface area contributed by atoms with Gasteiger partial charge in [-0.2, -0.15) is 0 Å². The number of thiazole rings is 1. The summed E-state index contributed by atoms with van der Waals surface area (Å²) in [6, 6.07) is 7.23. The first kappa shape index (κ1) is 22.0. The van der Waals surface area contributed by atoms with Crippen LogP contribution in [-0.2, 0) is 21.7 Å². The summed E-state index contributed by atoms with van der Waals surface area (Å²) in [6.45, 7) is 3.92. The average Bonchev–Trinajstić information content (AvgIpc) is 2.97. The molecule has 1 fully saturated rings. The molecule has 3 rings (SSSR count). The lowest BCUT2D eigenvalue weighted by molar-refractivity contribution is -0.132. The van der Waals surface area contributed by atoms with Crippen LogP contribution in [0.1, 0.15) is 41.3 Å². The molecule has 6 nitrogen and oxygen atoms in total.